The minimum Gasteiger partial charge on any atom is -0.508 e. The van der Waals surface area contributed by atoms with E-state index in [-0.39, 0.29) is 5.78 Å². The quantitative estimate of drug-likeness (QED) is 0.813. The average molecular weight is 228 g/mol. The van der Waals surface area contributed by atoms with Crippen LogP contribution in [-0.2, 0) is 6.42 Å². The fourth-order valence-corrected chi connectivity index (χ4v) is 2.11. The number of aromatic hydroxyl groups is 1. The highest BCUT2D eigenvalue weighted by Crippen LogP contribution is 2.29. The van der Waals surface area contributed by atoms with Crippen LogP contribution in [0.15, 0.2) is 30.3 Å². The number of phenolic OH excluding ortho intramolecular Hbond substituents is 1. The Morgan fingerprint density at radius 1 is 1.24 bits per heavy atom. The molecule has 0 radical (unpaired) electrons. The largest absolute Gasteiger partial charge is 0.508 e. The molecule has 1 N–H and O–H groups in total. The van der Waals surface area contributed by atoms with E-state index in [1.807, 2.05) is 24.3 Å². The maximum Gasteiger partial charge on any atom is 0.159 e. The first kappa shape index (κ1) is 11.6. The first-order valence-corrected chi connectivity index (χ1v) is 5.89. The van der Waals surface area contributed by atoms with Crippen molar-refractivity contribution in [2.45, 2.75) is 26.7 Å². The Labute approximate surface area is 101 Å². The van der Waals surface area contributed by atoms with Gasteiger partial charge in [0, 0.05) is 11.1 Å². The zero-order chi connectivity index (χ0) is 12.4. The first-order chi connectivity index (χ1) is 8.13. The molecular weight excluding hydrogens is 212 g/mol. The molecule has 0 aromatic heterocycles. The topological polar surface area (TPSA) is 37.3 Å². The standard InChI is InChI=1S/C15H16O2/c1-3-4-14-13-7-5-11(10(2)16)9-12(13)6-8-15(14)17/h5-9,17H,3-4H2,1-2H3. The van der Waals surface area contributed by atoms with Gasteiger partial charge in [0.2, 0.25) is 0 Å². The van der Waals surface area contributed by atoms with Crippen LogP contribution in [0.25, 0.3) is 10.8 Å². The first-order valence-electron chi connectivity index (χ1n) is 5.89. The summed E-state index contributed by atoms with van der Waals surface area (Å²) in [6.45, 7) is 3.65. The van der Waals surface area contributed by atoms with Gasteiger partial charge in [-0.25, -0.2) is 0 Å². The maximum atomic E-state index is 11.3. The summed E-state index contributed by atoms with van der Waals surface area (Å²) in [6, 6.07) is 9.20. The van der Waals surface area contributed by atoms with Crippen molar-refractivity contribution in [1.29, 1.82) is 0 Å². The van der Waals surface area contributed by atoms with Crippen molar-refractivity contribution in [2.75, 3.05) is 0 Å². The minimum absolute atomic E-state index is 0.0667. The number of hydrogen-bond acceptors (Lipinski definition) is 2. The Morgan fingerprint density at radius 2 is 2.00 bits per heavy atom. The highest BCUT2D eigenvalue weighted by Gasteiger charge is 2.07. The molecule has 2 rings (SSSR count). The number of hydrogen-bond donors (Lipinski definition) is 1. The summed E-state index contributed by atoms with van der Waals surface area (Å²) in [5, 5.41) is 11.9. The fourth-order valence-electron chi connectivity index (χ4n) is 2.11. The molecule has 2 aromatic carbocycles. The van der Waals surface area contributed by atoms with E-state index in [4.69, 9.17) is 0 Å². The van der Waals surface area contributed by atoms with Crippen molar-refractivity contribution in [1.82, 2.24) is 0 Å². The lowest BCUT2D eigenvalue weighted by Gasteiger charge is -2.09. The second kappa shape index (κ2) is 4.58. The molecule has 0 amide bonds. The summed E-state index contributed by atoms with van der Waals surface area (Å²) in [5.41, 5.74) is 1.69. The monoisotopic (exact) mass is 228 g/mol. The van der Waals surface area contributed by atoms with Crippen molar-refractivity contribution in [3.8, 4) is 5.75 Å². The maximum absolute atomic E-state index is 11.3. The number of carbonyl (C=O) groups is 1. The van der Waals surface area contributed by atoms with E-state index < -0.39 is 0 Å². The Bertz CT molecular complexity index is 570. The lowest BCUT2D eigenvalue weighted by atomic mass is 9.97. The second-order valence-electron chi connectivity index (χ2n) is 4.31. The van der Waals surface area contributed by atoms with E-state index in [1.54, 1.807) is 13.0 Å². The molecule has 0 atom stereocenters. The molecule has 2 nitrogen and oxygen atoms in total. The van der Waals surface area contributed by atoms with Crippen LogP contribution in [-0.4, -0.2) is 10.9 Å². The van der Waals surface area contributed by atoms with Crippen molar-refractivity contribution in [2.24, 2.45) is 0 Å². The molecule has 0 aliphatic rings. The molecule has 0 unspecified atom stereocenters. The summed E-state index contributed by atoms with van der Waals surface area (Å²) in [7, 11) is 0. The van der Waals surface area contributed by atoms with Crippen LogP contribution >= 0.6 is 0 Å². The predicted octanol–water partition coefficient (Wildman–Crippen LogP) is 3.70. The lowest BCUT2D eigenvalue weighted by molar-refractivity contribution is 0.101. The summed E-state index contributed by atoms with van der Waals surface area (Å²) < 4.78 is 0. The van der Waals surface area contributed by atoms with Gasteiger partial charge in [0.1, 0.15) is 5.75 Å². The summed E-state index contributed by atoms with van der Waals surface area (Å²) in [4.78, 5) is 11.3. The number of aryl methyl sites for hydroxylation is 1. The lowest BCUT2D eigenvalue weighted by Crippen LogP contribution is -1.93. The van der Waals surface area contributed by atoms with Gasteiger partial charge in [-0.1, -0.05) is 31.5 Å². The van der Waals surface area contributed by atoms with Gasteiger partial charge < -0.3 is 5.11 Å². The van der Waals surface area contributed by atoms with Crippen molar-refractivity contribution >= 4 is 16.6 Å². The summed E-state index contributed by atoms with van der Waals surface area (Å²) in [6.07, 6.45) is 1.84. The molecule has 0 saturated heterocycles. The fraction of sp³-hybridized carbons (Fsp3) is 0.267. The number of carbonyl (C=O) groups excluding carboxylic acids is 1. The molecule has 88 valence electrons. The zero-order valence-corrected chi connectivity index (χ0v) is 10.2. The molecule has 2 aromatic rings. The van der Waals surface area contributed by atoms with Crippen LogP contribution in [0.3, 0.4) is 0 Å². The van der Waals surface area contributed by atoms with Gasteiger partial charge in [-0.2, -0.15) is 0 Å². The number of fused-ring (bicyclic) bond motifs is 1. The molecule has 0 saturated carbocycles. The Kier molecular flexibility index (Phi) is 3.14. The van der Waals surface area contributed by atoms with Crippen molar-refractivity contribution in [3.63, 3.8) is 0 Å². The van der Waals surface area contributed by atoms with Gasteiger partial charge >= 0.3 is 0 Å². The number of rotatable bonds is 3. The van der Waals surface area contributed by atoms with E-state index >= 15 is 0 Å². The van der Waals surface area contributed by atoms with E-state index in [9.17, 15) is 9.90 Å². The van der Waals surface area contributed by atoms with Crippen LogP contribution in [0.2, 0.25) is 0 Å². The third-order valence-corrected chi connectivity index (χ3v) is 3.01. The summed E-state index contributed by atoms with van der Waals surface area (Å²) >= 11 is 0. The Morgan fingerprint density at radius 3 is 2.65 bits per heavy atom. The van der Waals surface area contributed by atoms with Gasteiger partial charge in [-0.05, 0) is 36.2 Å². The predicted molar refractivity (Wildman–Crippen MR) is 69.6 cm³/mol. The smallest absolute Gasteiger partial charge is 0.159 e. The third kappa shape index (κ3) is 2.16. The van der Waals surface area contributed by atoms with Crippen LogP contribution in [0.1, 0.15) is 36.2 Å². The van der Waals surface area contributed by atoms with Crippen LogP contribution < -0.4 is 0 Å². The molecule has 2 heteroatoms. The van der Waals surface area contributed by atoms with Crippen LogP contribution in [0.5, 0.6) is 5.75 Å². The third-order valence-electron chi connectivity index (χ3n) is 3.01. The molecule has 0 spiro atoms. The SMILES string of the molecule is CCCc1c(O)ccc2cc(C(C)=O)ccc12. The molecular formula is C15H16O2. The van der Waals surface area contributed by atoms with Crippen molar-refractivity contribution in [3.05, 3.63) is 41.5 Å². The number of Topliss-reactive ketones (excluding diaryl/α,β-unsaturated/α-hetero) is 1. The molecule has 0 aliphatic carbocycles. The van der Waals surface area contributed by atoms with E-state index in [0.717, 1.165) is 29.2 Å². The van der Waals surface area contributed by atoms with Gasteiger partial charge in [0.15, 0.2) is 5.78 Å². The van der Waals surface area contributed by atoms with E-state index in [1.165, 1.54) is 0 Å². The number of benzene rings is 2. The average Bonchev–Trinajstić information content (AvgIpc) is 2.32. The molecule has 0 heterocycles. The Hall–Kier alpha value is -1.83. The number of phenols is 1. The van der Waals surface area contributed by atoms with Crippen LogP contribution in [0, 0.1) is 0 Å². The van der Waals surface area contributed by atoms with Crippen molar-refractivity contribution < 1.29 is 9.90 Å². The van der Waals surface area contributed by atoms with Gasteiger partial charge in [0.25, 0.3) is 0 Å². The number of ketones is 1. The molecule has 17 heavy (non-hydrogen) atoms. The molecule has 0 fully saturated rings. The van der Waals surface area contributed by atoms with E-state index in [0.29, 0.717) is 11.3 Å². The molecule has 0 bridgehead atoms. The van der Waals surface area contributed by atoms with E-state index in [2.05, 4.69) is 6.92 Å². The zero-order valence-electron chi connectivity index (χ0n) is 10.2. The van der Waals surface area contributed by atoms with Gasteiger partial charge in [0.05, 0.1) is 0 Å². The van der Waals surface area contributed by atoms with Crippen LogP contribution in [0.4, 0.5) is 0 Å². The normalized spacial score (nSPS) is 10.7. The van der Waals surface area contributed by atoms with Gasteiger partial charge in [-0.15, -0.1) is 0 Å². The summed E-state index contributed by atoms with van der Waals surface area (Å²) in [5.74, 6) is 0.409. The highest BCUT2D eigenvalue weighted by atomic mass is 16.3. The van der Waals surface area contributed by atoms with Gasteiger partial charge in [-0.3, -0.25) is 4.79 Å². The second-order valence-corrected chi connectivity index (χ2v) is 4.31. The Balaban J connectivity index is 2.66. The molecule has 0 aliphatic heterocycles. The minimum atomic E-state index is 0.0667. The highest BCUT2D eigenvalue weighted by molar-refractivity contribution is 5.99.